The van der Waals surface area contributed by atoms with E-state index in [1.165, 1.54) is 14.0 Å². The molecule has 0 unspecified atom stereocenters. The first-order valence-corrected chi connectivity index (χ1v) is 3.40. The molecule has 0 amide bonds. The van der Waals surface area contributed by atoms with Crippen LogP contribution in [0, 0.1) is 5.92 Å². The standard InChI is InChI=1S/C7H12O3/c1-7(9,5-3-4-5)6(8)10-2/h5,9H,3-4H2,1-2H3/t7-/m0/s1. The Morgan fingerprint density at radius 1 is 1.70 bits per heavy atom. The molecular weight excluding hydrogens is 132 g/mol. The minimum Gasteiger partial charge on any atom is -0.467 e. The lowest BCUT2D eigenvalue weighted by Crippen LogP contribution is -2.38. The van der Waals surface area contributed by atoms with Gasteiger partial charge in [-0.15, -0.1) is 0 Å². The van der Waals surface area contributed by atoms with Gasteiger partial charge in [-0.05, 0) is 25.7 Å². The highest BCUT2D eigenvalue weighted by Gasteiger charge is 2.46. The van der Waals surface area contributed by atoms with E-state index in [0.29, 0.717) is 0 Å². The Hall–Kier alpha value is -0.570. The quantitative estimate of drug-likeness (QED) is 0.568. The fourth-order valence-corrected chi connectivity index (χ4v) is 1.02. The fourth-order valence-electron chi connectivity index (χ4n) is 1.02. The lowest BCUT2D eigenvalue weighted by Gasteiger charge is -2.18. The Morgan fingerprint density at radius 3 is 2.50 bits per heavy atom. The second kappa shape index (κ2) is 2.23. The Labute approximate surface area is 60.0 Å². The summed E-state index contributed by atoms with van der Waals surface area (Å²) < 4.78 is 4.43. The van der Waals surface area contributed by atoms with Gasteiger partial charge in [0.1, 0.15) is 0 Å². The number of esters is 1. The lowest BCUT2D eigenvalue weighted by atomic mass is 10.0. The second-order valence-electron chi connectivity index (χ2n) is 2.91. The number of hydrogen-bond donors (Lipinski definition) is 1. The van der Waals surface area contributed by atoms with Gasteiger partial charge < -0.3 is 9.84 Å². The maximum Gasteiger partial charge on any atom is 0.337 e. The Bertz CT molecular complexity index is 147. The predicted molar refractivity (Wildman–Crippen MR) is 35.4 cm³/mol. The van der Waals surface area contributed by atoms with Crippen LogP contribution >= 0.6 is 0 Å². The van der Waals surface area contributed by atoms with Crippen molar-refractivity contribution < 1.29 is 14.6 Å². The smallest absolute Gasteiger partial charge is 0.337 e. The van der Waals surface area contributed by atoms with Gasteiger partial charge in [0.15, 0.2) is 5.60 Å². The predicted octanol–water partition coefficient (Wildman–Crippen LogP) is 0.320. The molecule has 1 N–H and O–H groups in total. The number of methoxy groups -OCH3 is 1. The van der Waals surface area contributed by atoms with Crippen LogP contribution in [-0.2, 0) is 9.53 Å². The van der Waals surface area contributed by atoms with Gasteiger partial charge in [0.2, 0.25) is 0 Å². The van der Waals surface area contributed by atoms with E-state index in [4.69, 9.17) is 0 Å². The molecule has 0 spiro atoms. The van der Waals surface area contributed by atoms with E-state index in [-0.39, 0.29) is 5.92 Å². The highest BCUT2D eigenvalue weighted by Crippen LogP contribution is 2.39. The van der Waals surface area contributed by atoms with Crippen LogP contribution in [0.4, 0.5) is 0 Å². The summed E-state index contributed by atoms with van der Waals surface area (Å²) in [6, 6.07) is 0. The zero-order valence-electron chi connectivity index (χ0n) is 6.26. The molecule has 3 heteroatoms. The van der Waals surface area contributed by atoms with Crippen LogP contribution < -0.4 is 0 Å². The van der Waals surface area contributed by atoms with Gasteiger partial charge in [-0.2, -0.15) is 0 Å². The maximum atomic E-state index is 10.8. The first-order chi connectivity index (χ1) is 4.59. The third-order valence-corrected chi connectivity index (χ3v) is 1.97. The molecule has 0 radical (unpaired) electrons. The maximum absolute atomic E-state index is 10.8. The Balaban J connectivity index is 2.56. The number of rotatable bonds is 2. The molecule has 1 atom stereocenters. The van der Waals surface area contributed by atoms with Crippen molar-refractivity contribution in [1.82, 2.24) is 0 Å². The molecular formula is C7H12O3. The molecule has 10 heavy (non-hydrogen) atoms. The summed E-state index contributed by atoms with van der Waals surface area (Å²) in [7, 11) is 1.29. The van der Waals surface area contributed by atoms with E-state index in [9.17, 15) is 9.90 Å². The lowest BCUT2D eigenvalue weighted by molar-refractivity contribution is -0.162. The van der Waals surface area contributed by atoms with Crippen LogP contribution in [0.25, 0.3) is 0 Å². The SMILES string of the molecule is COC(=O)[C@@](C)(O)C1CC1. The first kappa shape index (κ1) is 7.54. The highest BCUT2D eigenvalue weighted by molar-refractivity contribution is 5.79. The van der Waals surface area contributed by atoms with Crippen LogP contribution in [0.2, 0.25) is 0 Å². The number of hydrogen-bond acceptors (Lipinski definition) is 3. The molecule has 1 aliphatic rings. The van der Waals surface area contributed by atoms with Crippen LogP contribution in [-0.4, -0.2) is 23.8 Å². The van der Waals surface area contributed by atoms with E-state index in [1.807, 2.05) is 0 Å². The molecule has 0 bridgehead atoms. The van der Waals surface area contributed by atoms with Crippen molar-refractivity contribution in [1.29, 1.82) is 0 Å². The molecule has 1 fully saturated rings. The van der Waals surface area contributed by atoms with Crippen LogP contribution in [0.3, 0.4) is 0 Å². The summed E-state index contributed by atoms with van der Waals surface area (Å²) in [6.07, 6.45) is 1.87. The van der Waals surface area contributed by atoms with E-state index < -0.39 is 11.6 Å². The fraction of sp³-hybridized carbons (Fsp3) is 0.857. The average Bonchev–Trinajstić information content (AvgIpc) is 2.66. The monoisotopic (exact) mass is 144 g/mol. The normalized spacial score (nSPS) is 23.5. The third kappa shape index (κ3) is 1.14. The number of carbonyl (C=O) groups is 1. The summed E-state index contributed by atoms with van der Waals surface area (Å²) in [4.78, 5) is 10.8. The zero-order chi connectivity index (χ0) is 7.78. The van der Waals surface area contributed by atoms with Gasteiger partial charge in [0.25, 0.3) is 0 Å². The van der Waals surface area contributed by atoms with Gasteiger partial charge >= 0.3 is 5.97 Å². The minimum absolute atomic E-state index is 0.125. The van der Waals surface area contributed by atoms with Crippen LogP contribution in [0.5, 0.6) is 0 Å². The van der Waals surface area contributed by atoms with Gasteiger partial charge in [-0.3, -0.25) is 0 Å². The summed E-state index contributed by atoms with van der Waals surface area (Å²) in [5.41, 5.74) is -1.24. The molecule has 1 saturated carbocycles. The van der Waals surface area contributed by atoms with Crippen molar-refractivity contribution in [3.8, 4) is 0 Å². The first-order valence-electron chi connectivity index (χ1n) is 3.40. The van der Waals surface area contributed by atoms with Crippen molar-refractivity contribution >= 4 is 5.97 Å². The van der Waals surface area contributed by atoms with Crippen LogP contribution in [0.1, 0.15) is 19.8 Å². The Kier molecular flexibility index (Phi) is 1.68. The molecule has 0 heterocycles. The third-order valence-electron chi connectivity index (χ3n) is 1.97. The van der Waals surface area contributed by atoms with E-state index in [1.54, 1.807) is 0 Å². The number of aliphatic hydroxyl groups is 1. The molecule has 1 aliphatic carbocycles. The highest BCUT2D eigenvalue weighted by atomic mass is 16.5. The summed E-state index contributed by atoms with van der Waals surface area (Å²) >= 11 is 0. The zero-order valence-corrected chi connectivity index (χ0v) is 6.26. The molecule has 0 aromatic carbocycles. The number of carbonyl (C=O) groups excluding carboxylic acids is 1. The topological polar surface area (TPSA) is 46.5 Å². The van der Waals surface area contributed by atoms with E-state index >= 15 is 0 Å². The van der Waals surface area contributed by atoms with Crippen molar-refractivity contribution in [2.24, 2.45) is 5.92 Å². The van der Waals surface area contributed by atoms with Gasteiger partial charge in [0, 0.05) is 0 Å². The molecule has 1 rings (SSSR count). The number of ether oxygens (including phenoxy) is 1. The second-order valence-corrected chi connectivity index (χ2v) is 2.91. The van der Waals surface area contributed by atoms with Crippen molar-refractivity contribution in [3.63, 3.8) is 0 Å². The average molecular weight is 144 g/mol. The minimum atomic E-state index is -1.24. The Morgan fingerprint density at radius 2 is 2.20 bits per heavy atom. The summed E-state index contributed by atoms with van der Waals surface area (Å²) in [5, 5.41) is 9.45. The molecule has 0 aromatic rings. The molecule has 58 valence electrons. The molecule has 0 saturated heterocycles. The largest absolute Gasteiger partial charge is 0.467 e. The van der Waals surface area contributed by atoms with Crippen LogP contribution in [0.15, 0.2) is 0 Å². The summed E-state index contributed by atoms with van der Waals surface area (Å²) in [6.45, 7) is 1.51. The summed E-state index contributed by atoms with van der Waals surface area (Å²) in [5.74, 6) is -0.394. The van der Waals surface area contributed by atoms with Crippen molar-refractivity contribution in [2.75, 3.05) is 7.11 Å². The van der Waals surface area contributed by atoms with Crippen molar-refractivity contribution in [3.05, 3.63) is 0 Å². The van der Waals surface area contributed by atoms with Gasteiger partial charge in [-0.1, -0.05) is 0 Å². The van der Waals surface area contributed by atoms with E-state index in [0.717, 1.165) is 12.8 Å². The molecule has 3 nitrogen and oxygen atoms in total. The van der Waals surface area contributed by atoms with Crippen molar-refractivity contribution in [2.45, 2.75) is 25.4 Å². The molecule has 0 aromatic heterocycles. The van der Waals surface area contributed by atoms with Gasteiger partial charge in [0.05, 0.1) is 7.11 Å². The molecule has 0 aliphatic heterocycles. The van der Waals surface area contributed by atoms with Gasteiger partial charge in [-0.25, -0.2) is 4.79 Å². The van der Waals surface area contributed by atoms with E-state index in [2.05, 4.69) is 4.74 Å².